The molecule has 0 spiro atoms. The van der Waals surface area contributed by atoms with Crippen molar-refractivity contribution < 1.29 is 8.42 Å². The van der Waals surface area contributed by atoms with Crippen molar-refractivity contribution in [2.24, 2.45) is 4.58 Å². The van der Waals surface area contributed by atoms with Crippen LogP contribution in [0.1, 0.15) is 36.9 Å². The lowest BCUT2D eigenvalue weighted by atomic mass is 10.2. The van der Waals surface area contributed by atoms with E-state index in [1.165, 1.54) is 18.9 Å². The number of hydrogen-bond donors (Lipinski definition) is 2. The van der Waals surface area contributed by atoms with Crippen molar-refractivity contribution in [2.45, 2.75) is 29.9 Å². The number of aromatic nitrogens is 4. The fourth-order valence-corrected chi connectivity index (χ4v) is 4.43. The normalized spacial score (nSPS) is 14.5. The van der Waals surface area contributed by atoms with Crippen LogP contribution in [0.15, 0.2) is 39.3 Å². The van der Waals surface area contributed by atoms with Crippen LogP contribution in [0.2, 0.25) is 0 Å². The summed E-state index contributed by atoms with van der Waals surface area (Å²) in [5.41, 5.74) is 1.86. The zero-order valence-electron chi connectivity index (χ0n) is 14.8. The van der Waals surface area contributed by atoms with Crippen LogP contribution in [-0.4, -0.2) is 28.6 Å². The van der Waals surface area contributed by atoms with E-state index in [2.05, 4.69) is 30.1 Å². The number of nitroso groups, excluding NO2 is 1. The third-order valence-corrected chi connectivity index (χ3v) is 6.78. The second kappa shape index (κ2) is 7.24. The van der Waals surface area contributed by atoms with Gasteiger partial charge in [-0.25, -0.2) is 9.97 Å². The summed E-state index contributed by atoms with van der Waals surface area (Å²) in [6, 6.07) is 4.84. The summed E-state index contributed by atoms with van der Waals surface area (Å²) in [4.78, 5) is 19.9. The third kappa shape index (κ3) is 3.71. The summed E-state index contributed by atoms with van der Waals surface area (Å²) in [6.07, 6.45) is 7.71. The molecule has 3 aromatic heterocycles. The van der Waals surface area contributed by atoms with Gasteiger partial charge in [-0.2, -0.15) is 13.5 Å². The molecule has 1 saturated carbocycles. The van der Waals surface area contributed by atoms with E-state index in [-0.39, 0.29) is 4.21 Å². The number of thiophene rings is 1. The van der Waals surface area contributed by atoms with Gasteiger partial charge in [-0.15, -0.1) is 16.2 Å². The first-order valence-corrected chi connectivity index (χ1v) is 10.8. The SMILES string of the molecule is C/C=C\c1cnc(-c2ccc(S(=O)(=O)N=O)s2)nc1Nc1cc(C2CC2)[nH]n1. The molecule has 0 atom stereocenters. The van der Waals surface area contributed by atoms with Crippen molar-refractivity contribution >= 4 is 39.1 Å². The molecule has 4 rings (SSSR count). The number of sulfonamides is 1. The number of hydrogen-bond acceptors (Lipinski definition) is 8. The number of rotatable bonds is 7. The van der Waals surface area contributed by atoms with Gasteiger partial charge in [-0.1, -0.05) is 12.2 Å². The minimum Gasteiger partial charge on any atom is -0.323 e. The minimum atomic E-state index is -4.17. The van der Waals surface area contributed by atoms with Gasteiger partial charge in [0, 0.05) is 29.4 Å². The Morgan fingerprint density at radius 3 is 2.89 bits per heavy atom. The summed E-state index contributed by atoms with van der Waals surface area (Å²) in [5.74, 6) is 2.09. The first-order chi connectivity index (χ1) is 13.5. The fraction of sp³-hybridized carbons (Fsp3) is 0.235. The molecular weight excluding hydrogens is 400 g/mol. The molecule has 0 radical (unpaired) electrons. The van der Waals surface area contributed by atoms with Crippen LogP contribution in [0.4, 0.5) is 11.6 Å². The van der Waals surface area contributed by atoms with Gasteiger partial charge in [0.25, 0.3) is 0 Å². The number of aromatic amines is 1. The van der Waals surface area contributed by atoms with Crippen molar-refractivity contribution in [3.05, 3.63) is 46.6 Å². The summed E-state index contributed by atoms with van der Waals surface area (Å²) in [5, 5.41) is 10.5. The molecule has 0 aromatic carbocycles. The van der Waals surface area contributed by atoms with Crippen LogP contribution in [0.5, 0.6) is 0 Å². The van der Waals surface area contributed by atoms with Gasteiger partial charge >= 0.3 is 10.0 Å². The zero-order valence-corrected chi connectivity index (χ0v) is 16.4. The van der Waals surface area contributed by atoms with Crippen LogP contribution >= 0.6 is 11.3 Å². The number of nitrogens with one attached hydrogen (secondary N) is 2. The average Bonchev–Trinajstić information content (AvgIpc) is 3.22. The van der Waals surface area contributed by atoms with E-state index in [0.717, 1.165) is 22.6 Å². The lowest BCUT2D eigenvalue weighted by molar-refractivity contribution is 0.599. The molecule has 28 heavy (non-hydrogen) atoms. The van der Waals surface area contributed by atoms with Gasteiger partial charge in [-0.3, -0.25) is 5.10 Å². The van der Waals surface area contributed by atoms with Crippen LogP contribution in [0, 0.1) is 4.91 Å². The predicted octanol–water partition coefficient (Wildman–Crippen LogP) is 4.04. The Labute approximate surface area is 165 Å². The van der Waals surface area contributed by atoms with E-state index in [1.807, 2.05) is 25.1 Å². The first kappa shape index (κ1) is 18.4. The molecule has 0 unspecified atom stereocenters. The number of H-pyrrole nitrogens is 1. The van der Waals surface area contributed by atoms with Crippen molar-refractivity contribution in [3.63, 3.8) is 0 Å². The van der Waals surface area contributed by atoms with Crippen molar-refractivity contribution in [1.29, 1.82) is 0 Å². The summed E-state index contributed by atoms with van der Waals surface area (Å²) < 4.78 is 25.3. The molecule has 144 valence electrons. The molecule has 3 aromatic rings. The van der Waals surface area contributed by atoms with Crippen molar-refractivity contribution in [3.8, 4) is 10.7 Å². The fourth-order valence-electron chi connectivity index (χ4n) is 2.65. The maximum Gasteiger partial charge on any atom is 0.326 e. The maximum atomic E-state index is 11.6. The second-order valence-electron chi connectivity index (χ2n) is 6.27. The molecule has 0 saturated heterocycles. The van der Waals surface area contributed by atoms with Gasteiger partial charge in [0.15, 0.2) is 11.6 Å². The average molecular weight is 416 g/mol. The van der Waals surface area contributed by atoms with Gasteiger partial charge in [0.1, 0.15) is 10.0 Å². The van der Waals surface area contributed by atoms with Gasteiger partial charge in [0.05, 0.1) is 9.46 Å². The summed E-state index contributed by atoms with van der Waals surface area (Å²) >= 11 is 0.894. The van der Waals surface area contributed by atoms with Crippen LogP contribution in [0.25, 0.3) is 16.8 Å². The van der Waals surface area contributed by atoms with Crippen molar-refractivity contribution in [1.82, 2.24) is 20.2 Å². The number of nitrogens with zero attached hydrogens (tertiary/aromatic N) is 4. The Balaban J connectivity index is 1.67. The monoisotopic (exact) mass is 416 g/mol. The Bertz CT molecular complexity index is 1160. The predicted molar refractivity (Wildman–Crippen MR) is 107 cm³/mol. The Morgan fingerprint density at radius 2 is 2.18 bits per heavy atom. The minimum absolute atomic E-state index is 0.144. The summed E-state index contributed by atoms with van der Waals surface area (Å²) in [6.45, 7) is 1.89. The highest BCUT2D eigenvalue weighted by molar-refractivity contribution is 7.92. The van der Waals surface area contributed by atoms with Gasteiger partial charge < -0.3 is 5.32 Å². The quantitative estimate of drug-likeness (QED) is 0.556. The number of allylic oxidation sites excluding steroid dienone is 1. The molecule has 2 N–H and O–H groups in total. The highest BCUT2D eigenvalue weighted by atomic mass is 32.2. The van der Waals surface area contributed by atoms with E-state index in [9.17, 15) is 13.3 Å². The molecule has 0 bridgehead atoms. The van der Waals surface area contributed by atoms with Crippen LogP contribution < -0.4 is 5.32 Å². The Morgan fingerprint density at radius 1 is 1.36 bits per heavy atom. The topological polar surface area (TPSA) is 130 Å². The van der Waals surface area contributed by atoms with Crippen LogP contribution in [0.3, 0.4) is 0 Å². The molecule has 0 aliphatic heterocycles. The van der Waals surface area contributed by atoms with Gasteiger partial charge in [-0.05, 0) is 31.9 Å². The molecule has 1 aliphatic rings. The van der Waals surface area contributed by atoms with E-state index < -0.39 is 10.0 Å². The molecule has 1 fully saturated rings. The molecule has 3 heterocycles. The van der Waals surface area contributed by atoms with E-state index in [4.69, 9.17) is 0 Å². The Hall–Kier alpha value is -2.92. The molecule has 1 aliphatic carbocycles. The van der Waals surface area contributed by atoms with Crippen LogP contribution in [-0.2, 0) is 10.0 Å². The lowest BCUT2D eigenvalue weighted by Gasteiger charge is -2.07. The lowest BCUT2D eigenvalue weighted by Crippen LogP contribution is -2.00. The van der Waals surface area contributed by atoms with Gasteiger partial charge in [0.2, 0.25) is 0 Å². The second-order valence-corrected chi connectivity index (χ2v) is 9.15. The summed E-state index contributed by atoms with van der Waals surface area (Å²) in [7, 11) is -4.17. The number of anilines is 2. The largest absolute Gasteiger partial charge is 0.326 e. The van der Waals surface area contributed by atoms with E-state index in [0.29, 0.717) is 28.3 Å². The van der Waals surface area contributed by atoms with E-state index in [1.54, 1.807) is 12.3 Å². The van der Waals surface area contributed by atoms with Crippen molar-refractivity contribution in [2.75, 3.05) is 5.32 Å². The van der Waals surface area contributed by atoms with E-state index >= 15 is 0 Å². The smallest absolute Gasteiger partial charge is 0.323 e. The highest BCUT2D eigenvalue weighted by Crippen LogP contribution is 2.40. The standard InChI is InChI=1S/C17H16N6O3S2/c1-2-3-11-9-18-17(13-6-7-15(27-13)28(25,26)23-24)20-16(11)19-14-8-12(21-22-14)10-4-5-10/h2-3,6-10H,4-5H2,1H3,(H2,18,19,20,21,22)/b3-2-. The first-order valence-electron chi connectivity index (χ1n) is 8.52. The maximum absolute atomic E-state index is 11.6. The third-order valence-electron chi connectivity index (χ3n) is 4.18. The Kier molecular flexibility index (Phi) is 4.77. The zero-order chi connectivity index (χ0) is 19.7. The molecule has 0 amide bonds. The highest BCUT2D eigenvalue weighted by Gasteiger charge is 2.25. The molecule has 9 nitrogen and oxygen atoms in total. The molecule has 11 heteroatoms. The molecular formula is C17H16N6O3S2.